The molecule has 5 rings (SSSR count). The summed E-state index contributed by atoms with van der Waals surface area (Å²) >= 11 is 0. The molecule has 0 heterocycles. The van der Waals surface area contributed by atoms with Gasteiger partial charge in [-0.1, -0.05) is 106 Å². The number of fused-ring (bicyclic) bond motifs is 2. The summed E-state index contributed by atoms with van der Waals surface area (Å²) in [6.07, 6.45) is 12.9. The zero-order chi connectivity index (χ0) is 27.0. The number of unbranched alkanes of at least 4 members (excludes halogenated alkanes) is 6. The van der Waals surface area contributed by atoms with Crippen molar-refractivity contribution in [2.45, 2.75) is 71.1 Å². The summed E-state index contributed by atoms with van der Waals surface area (Å²) < 4.78 is 5.20. The standard InChI is InChI=1S/C36H41NO2/c1-3-5-6-9-14-26-20-22-32-31-19-13-17-29-27(15-10-7-8-11-25-39-36(38)37-24-4-2)21-23-33(35(29)31)30-18-12-16-28(26)34(30)32/h4,12-13,16-23H,2-3,5-11,14-15,24-25H2,1H3,(H,37,38). The summed E-state index contributed by atoms with van der Waals surface area (Å²) in [5, 5.41) is 13.8. The highest BCUT2D eigenvalue weighted by molar-refractivity contribution is 6.33. The number of carbonyl (C=O) groups is 1. The van der Waals surface area contributed by atoms with Crippen LogP contribution in [0.2, 0.25) is 0 Å². The second-order valence-corrected chi connectivity index (χ2v) is 10.8. The van der Waals surface area contributed by atoms with Crippen molar-refractivity contribution in [1.82, 2.24) is 5.32 Å². The van der Waals surface area contributed by atoms with Crippen molar-refractivity contribution < 1.29 is 9.53 Å². The lowest BCUT2D eigenvalue weighted by molar-refractivity contribution is 0.145. The van der Waals surface area contributed by atoms with E-state index in [9.17, 15) is 4.79 Å². The fourth-order valence-electron chi connectivity index (χ4n) is 6.15. The number of ether oxygens (including phenoxy) is 1. The van der Waals surface area contributed by atoms with Gasteiger partial charge in [0, 0.05) is 6.54 Å². The van der Waals surface area contributed by atoms with Crippen molar-refractivity contribution in [2.75, 3.05) is 13.2 Å². The fourth-order valence-corrected chi connectivity index (χ4v) is 6.15. The lowest BCUT2D eigenvalue weighted by Crippen LogP contribution is -2.24. The Kier molecular flexibility index (Phi) is 8.98. The number of aryl methyl sites for hydroxylation is 2. The molecule has 1 amide bonds. The minimum atomic E-state index is -0.362. The molecule has 39 heavy (non-hydrogen) atoms. The van der Waals surface area contributed by atoms with E-state index in [0.717, 1.165) is 38.5 Å². The minimum absolute atomic E-state index is 0.362. The van der Waals surface area contributed by atoms with Gasteiger partial charge in [0.1, 0.15) is 0 Å². The molecule has 5 aromatic rings. The van der Waals surface area contributed by atoms with Crippen molar-refractivity contribution in [3.63, 3.8) is 0 Å². The molecule has 0 aromatic heterocycles. The Morgan fingerprint density at radius 2 is 1.21 bits per heavy atom. The predicted octanol–water partition coefficient (Wildman–Crippen LogP) is 9.88. The van der Waals surface area contributed by atoms with Crippen LogP contribution in [0.1, 0.15) is 69.4 Å². The molecular weight excluding hydrogens is 478 g/mol. The third-order valence-electron chi connectivity index (χ3n) is 8.11. The Hall–Kier alpha value is -3.59. The first kappa shape index (κ1) is 27.0. The molecule has 0 saturated carbocycles. The largest absolute Gasteiger partial charge is 0.450 e. The molecule has 3 nitrogen and oxygen atoms in total. The molecule has 0 aliphatic carbocycles. The molecule has 0 aliphatic rings. The number of alkyl carbamates (subject to hydrolysis) is 1. The van der Waals surface area contributed by atoms with Crippen LogP contribution in [0.5, 0.6) is 0 Å². The minimum Gasteiger partial charge on any atom is -0.450 e. The van der Waals surface area contributed by atoms with E-state index < -0.39 is 0 Å². The highest BCUT2D eigenvalue weighted by Gasteiger charge is 2.15. The molecule has 0 spiro atoms. The van der Waals surface area contributed by atoms with Crippen molar-refractivity contribution in [3.05, 3.63) is 84.4 Å². The summed E-state index contributed by atoms with van der Waals surface area (Å²) in [5.41, 5.74) is 2.92. The van der Waals surface area contributed by atoms with Crippen LogP contribution in [0.15, 0.2) is 73.3 Å². The van der Waals surface area contributed by atoms with Crippen LogP contribution in [0, 0.1) is 0 Å². The maximum atomic E-state index is 11.5. The smallest absolute Gasteiger partial charge is 0.407 e. The summed E-state index contributed by atoms with van der Waals surface area (Å²) in [7, 11) is 0. The van der Waals surface area contributed by atoms with E-state index in [1.54, 1.807) is 6.08 Å². The van der Waals surface area contributed by atoms with Crippen LogP contribution in [-0.2, 0) is 17.6 Å². The van der Waals surface area contributed by atoms with Gasteiger partial charge >= 0.3 is 6.09 Å². The molecule has 0 radical (unpaired) electrons. The first-order chi connectivity index (χ1) is 19.2. The van der Waals surface area contributed by atoms with Crippen LogP contribution in [0.4, 0.5) is 4.79 Å². The first-order valence-electron chi connectivity index (χ1n) is 14.8. The third kappa shape index (κ3) is 5.88. The van der Waals surface area contributed by atoms with E-state index in [0.29, 0.717) is 13.2 Å². The third-order valence-corrected chi connectivity index (χ3v) is 8.11. The summed E-state index contributed by atoms with van der Waals surface area (Å²) in [6.45, 7) is 6.77. The Balaban J connectivity index is 1.34. The van der Waals surface area contributed by atoms with E-state index in [2.05, 4.69) is 79.5 Å². The Bertz CT molecular complexity index is 1550. The molecule has 0 aliphatic heterocycles. The Morgan fingerprint density at radius 1 is 0.692 bits per heavy atom. The molecule has 0 unspecified atom stereocenters. The second kappa shape index (κ2) is 13.0. The number of nitrogens with one attached hydrogen (secondary N) is 1. The highest BCUT2D eigenvalue weighted by atomic mass is 16.5. The number of rotatable bonds is 14. The first-order valence-corrected chi connectivity index (χ1v) is 14.8. The molecule has 5 aromatic carbocycles. The Morgan fingerprint density at radius 3 is 1.77 bits per heavy atom. The molecule has 0 atom stereocenters. The molecule has 0 bridgehead atoms. The molecule has 1 N–H and O–H groups in total. The van der Waals surface area contributed by atoms with Gasteiger partial charge in [-0.25, -0.2) is 4.79 Å². The number of amides is 1. The average molecular weight is 520 g/mol. The normalized spacial score (nSPS) is 11.6. The highest BCUT2D eigenvalue weighted by Crippen LogP contribution is 2.42. The van der Waals surface area contributed by atoms with Crippen molar-refractivity contribution >= 4 is 49.2 Å². The van der Waals surface area contributed by atoms with Crippen LogP contribution in [-0.4, -0.2) is 19.2 Å². The van der Waals surface area contributed by atoms with Crippen molar-refractivity contribution in [3.8, 4) is 0 Å². The van der Waals surface area contributed by atoms with Gasteiger partial charge in [0.25, 0.3) is 0 Å². The molecular formula is C36H41NO2. The topological polar surface area (TPSA) is 38.3 Å². The zero-order valence-electron chi connectivity index (χ0n) is 23.4. The lowest BCUT2D eigenvalue weighted by atomic mass is 9.86. The summed E-state index contributed by atoms with van der Waals surface area (Å²) in [5.74, 6) is 0. The number of benzene rings is 5. The maximum Gasteiger partial charge on any atom is 0.407 e. The maximum absolute atomic E-state index is 11.5. The summed E-state index contributed by atoms with van der Waals surface area (Å²) in [6, 6.07) is 23.2. The van der Waals surface area contributed by atoms with E-state index in [1.807, 2.05) is 0 Å². The quantitative estimate of drug-likeness (QED) is 0.0686. The number of carbonyl (C=O) groups excluding carboxylic acids is 1. The lowest BCUT2D eigenvalue weighted by Gasteiger charge is -2.18. The van der Waals surface area contributed by atoms with Gasteiger partial charge in [-0.2, -0.15) is 0 Å². The fraction of sp³-hybridized carbons (Fsp3) is 0.361. The second-order valence-electron chi connectivity index (χ2n) is 10.8. The van der Waals surface area contributed by atoms with Crippen molar-refractivity contribution in [1.29, 1.82) is 0 Å². The van der Waals surface area contributed by atoms with Gasteiger partial charge in [0.2, 0.25) is 0 Å². The van der Waals surface area contributed by atoms with Crippen LogP contribution >= 0.6 is 0 Å². The van der Waals surface area contributed by atoms with E-state index >= 15 is 0 Å². The van der Waals surface area contributed by atoms with Gasteiger partial charge in [0.05, 0.1) is 6.61 Å². The van der Waals surface area contributed by atoms with Gasteiger partial charge in [0.15, 0.2) is 0 Å². The zero-order valence-corrected chi connectivity index (χ0v) is 23.4. The van der Waals surface area contributed by atoms with Gasteiger partial charge in [-0.3, -0.25) is 0 Å². The predicted molar refractivity (Wildman–Crippen MR) is 167 cm³/mol. The number of hydrogen-bond acceptors (Lipinski definition) is 2. The monoisotopic (exact) mass is 519 g/mol. The van der Waals surface area contributed by atoms with Crippen LogP contribution in [0.3, 0.4) is 0 Å². The van der Waals surface area contributed by atoms with Crippen LogP contribution in [0.25, 0.3) is 43.1 Å². The molecule has 0 saturated heterocycles. The van der Waals surface area contributed by atoms with Gasteiger partial charge < -0.3 is 10.1 Å². The van der Waals surface area contributed by atoms with E-state index in [1.165, 1.54) is 79.9 Å². The van der Waals surface area contributed by atoms with Crippen LogP contribution < -0.4 is 5.32 Å². The molecule has 202 valence electrons. The van der Waals surface area contributed by atoms with E-state index in [4.69, 9.17) is 4.74 Å². The number of hydrogen-bond donors (Lipinski definition) is 1. The average Bonchev–Trinajstić information content (AvgIpc) is 2.97. The molecule has 3 heteroatoms. The molecule has 0 fully saturated rings. The summed E-state index contributed by atoms with van der Waals surface area (Å²) in [4.78, 5) is 11.5. The van der Waals surface area contributed by atoms with E-state index in [-0.39, 0.29) is 6.09 Å². The van der Waals surface area contributed by atoms with Gasteiger partial charge in [-0.05, 0) is 86.3 Å². The van der Waals surface area contributed by atoms with Gasteiger partial charge in [-0.15, -0.1) is 6.58 Å². The Labute approximate surface area is 232 Å². The van der Waals surface area contributed by atoms with Crippen molar-refractivity contribution in [2.24, 2.45) is 0 Å². The SMILES string of the molecule is C=CCNC(=O)OCCCCCCc1ccc2c3cccc4c(CCCCCC)ccc(c5cccc1c52)c43.